The molecule has 1 saturated carbocycles. The maximum Gasteiger partial charge on any atom is 0.313 e. The second-order valence-corrected chi connectivity index (χ2v) is 6.86. The van der Waals surface area contributed by atoms with E-state index in [4.69, 9.17) is 0 Å². The molecule has 2 N–H and O–H groups in total. The highest BCUT2D eigenvalue weighted by Gasteiger charge is 2.36. The topological polar surface area (TPSA) is 58.2 Å². The lowest BCUT2D eigenvalue weighted by Gasteiger charge is -2.29. The first kappa shape index (κ1) is 17.2. The lowest BCUT2D eigenvalue weighted by atomic mass is 9.79. The fraction of sp³-hybridized carbons (Fsp3) is 0.333. The first-order valence-electron chi connectivity index (χ1n) is 8.80. The van der Waals surface area contributed by atoms with Gasteiger partial charge in [0.25, 0.3) is 0 Å². The first-order valence-corrected chi connectivity index (χ1v) is 8.80. The van der Waals surface area contributed by atoms with Crippen LogP contribution < -0.4 is 10.6 Å². The molecule has 4 nitrogen and oxygen atoms in total. The van der Waals surface area contributed by atoms with E-state index in [0.717, 1.165) is 31.2 Å². The Kier molecular flexibility index (Phi) is 5.17. The summed E-state index contributed by atoms with van der Waals surface area (Å²) in [5.41, 5.74) is 2.92. The molecule has 2 amide bonds. The number of nitrogens with one attached hydrogen (secondary N) is 2. The summed E-state index contributed by atoms with van der Waals surface area (Å²) in [6.45, 7) is 2.47. The average Bonchev–Trinajstić information content (AvgIpc) is 3.12. The van der Waals surface area contributed by atoms with Crippen LogP contribution in [0.4, 0.5) is 5.69 Å². The molecule has 0 aliphatic heterocycles. The van der Waals surface area contributed by atoms with Crippen LogP contribution in [0.1, 0.15) is 36.8 Å². The Hall–Kier alpha value is -2.62. The van der Waals surface area contributed by atoms with E-state index in [0.29, 0.717) is 12.2 Å². The van der Waals surface area contributed by atoms with Gasteiger partial charge in [-0.3, -0.25) is 9.59 Å². The van der Waals surface area contributed by atoms with E-state index in [9.17, 15) is 9.59 Å². The Bertz CT molecular complexity index is 732. The summed E-state index contributed by atoms with van der Waals surface area (Å²) in [6.07, 6.45) is 4.38. The van der Waals surface area contributed by atoms with Gasteiger partial charge in [-0.05, 0) is 37.5 Å². The largest absolute Gasteiger partial charge is 0.347 e. The first-order chi connectivity index (χ1) is 12.1. The summed E-state index contributed by atoms with van der Waals surface area (Å²) in [7, 11) is 0. The molecule has 4 heteroatoms. The van der Waals surface area contributed by atoms with Crippen LogP contribution in [0.5, 0.6) is 0 Å². The molecule has 0 saturated heterocycles. The summed E-state index contributed by atoms with van der Waals surface area (Å²) in [4.78, 5) is 24.3. The molecule has 130 valence electrons. The Morgan fingerprint density at radius 3 is 2.20 bits per heavy atom. The van der Waals surface area contributed by atoms with Crippen LogP contribution in [-0.4, -0.2) is 18.4 Å². The molecule has 3 rings (SSSR count). The van der Waals surface area contributed by atoms with Gasteiger partial charge < -0.3 is 10.6 Å². The van der Waals surface area contributed by atoms with Gasteiger partial charge in [-0.1, -0.05) is 60.9 Å². The molecule has 2 aromatic carbocycles. The molecular weight excluding hydrogens is 312 g/mol. The molecule has 0 heterocycles. The molecule has 2 aromatic rings. The predicted molar refractivity (Wildman–Crippen MR) is 99.4 cm³/mol. The van der Waals surface area contributed by atoms with Gasteiger partial charge in [0.15, 0.2) is 0 Å². The van der Waals surface area contributed by atoms with Gasteiger partial charge >= 0.3 is 11.8 Å². The quantitative estimate of drug-likeness (QED) is 0.839. The van der Waals surface area contributed by atoms with E-state index in [-0.39, 0.29) is 5.41 Å². The number of amides is 2. The molecule has 0 bridgehead atoms. The van der Waals surface area contributed by atoms with Gasteiger partial charge in [-0.15, -0.1) is 0 Å². The van der Waals surface area contributed by atoms with Crippen LogP contribution in [0.15, 0.2) is 54.6 Å². The Morgan fingerprint density at radius 1 is 0.920 bits per heavy atom. The molecular formula is C21H24N2O2. The molecule has 25 heavy (non-hydrogen) atoms. The van der Waals surface area contributed by atoms with Crippen molar-refractivity contribution in [2.24, 2.45) is 0 Å². The molecule has 0 aromatic heterocycles. The third kappa shape index (κ3) is 4.08. The van der Waals surface area contributed by atoms with Crippen molar-refractivity contribution in [1.82, 2.24) is 5.32 Å². The molecule has 0 atom stereocenters. The Morgan fingerprint density at radius 2 is 1.56 bits per heavy atom. The SMILES string of the molecule is Cc1ccc(NC(=O)C(=O)NCC2(c3ccccc3)CCCC2)cc1. The summed E-state index contributed by atoms with van der Waals surface area (Å²) >= 11 is 0. The van der Waals surface area contributed by atoms with Crippen LogP contribution in [0, 0.1) is 6.92 Å². The fourth-order valence-electron chi connectivity index (χ4n) is 3.57. The van der Waals surface area contributed by atoms with Gasteiger partial charge in [0, 0.05) is 17.6 Å². The smallest absolute Gasteiger partial charge is 0.313 e. The van der Waals surface area contributed by atoms with Crippen molar-refractivity contribution in [1.29, 1.82) is 0 Å². The van der Waals surface area contributed by atoms with Crippen molar-refractivity contribution in [3.63, 3.8) is 0 Å². The highest BCUT2D eigenvalue weighted by atomic mass is 16.2. The van der Waals surface area contributed by atoms with Crippen LogP contribution in [-0.2, 0) is 15.0 Å². The van der Waals surface area contributed by atoms with Crippen LogP contribution in [0.2, 0.25) is 0 Å². The van der Waals surface area contributed by atoms with Crippen molar-refractivity contribution in [2.45, 2.75) is 38.0 Å². The van der Waals surface area contributed by atoms with E-state index in [1.165, 1.54) is 5.56 Å². The summed E-state index contributed by atoms with van der Waals surface area (Å²) in [6, 6.07) is 17.7. The lowest BCUT2D eigenvalue weighted by molar-refractivity contribution is -0.136. The van der Waals surface area contributed by atoms with Gasteiger partial charge in [0.05, 0.1) is 0 Å². The maximum absolute atomic E-state index is 12.2. The Balaban J connectivity index is 1.62. The molecule has 0 unspecified atom stereocenters. The van der Waals surface area contributed by atoms with Crippen molar-refractivity contribution in [2.75, 3.05) is 11.9 Å². The molecule has 1 aliphatic rings. The van der Waals surface area contributed by atoms with Crippen LogP contribution >= 0.6 is 0 Å². The second kappa shape index (κ2) is 7.51. The maximum atomic E-state index is 12.2. The number of carbonyl (C=O) groups excluding carboxylic acids is 2. The Labute approximate surface area is 148 Å². The molecule has 1 fully saturated rings. The van der Waals surface area contributed by atoms with Gasteiger partial charge in [0.1, 0.15) is 0 Å². The van der Waals surface area contributed by atoms with E-state index >= 15 is 0 Å². The lowest BCUT2D eigenvalue weighted by Crippen LogP contribution is -2.43. The van der Waals surface area contributed by atoms with E-state index < -0.39 is 11.8 Å². The molecule has 0 radical (unpaired) electrons. The zero-order valence-electron chi connectivity index (χ0n) is 14.5. The number of hydrogen-bond donors (Lipinski definition) is 2. The number of benzene rings is 2. The minimum absolute atomic E-state index is 0.0545. The molecule has 0 spiro atoms. The second-order valence-electron chi connectivity index (χ2n) is 6.86. The fourth-order valence-corrected chi connectivity index (χ4v) is 3.57. The van der Waals surface area contributed by atoms with Crippen molar-refractivity contribution in [3.05, 3.63) is 65.7 Å². The zero-order chi connectivity index (χ0) is 17.7. The van der Waals surface area contributed by atoms with Gasteiger partial charge in [-0.25, -0.2) is 0 Å². The van der Waals surface area contributed by atoms with E-state index in [2.05, 4.69) is 22.8 Å². The van der Waals surface area contributed by atoms with Gasteiger partial charge in [0.2, 0.25) is 0 Å². The normalized spacial score (nSPS) is 15.6. The van der Waals surface area contributed by atoms with Gasteiger partial charge in [-0.2, -0.15) is 0 Å². The van der Waals surface area contributed by atoms with Crippen molar-refractivity contribution < 1.29 is 9.59 Å². The number of rotatable bonds is 4. The van der Waals surface area contributed by atoms with Crippen molar-refractivity contribution >= 4 is 17.5 Å². The standard InChI is InChI=1S/C21H24N2O2/c1-16-9-11-18(12-10-16)23-20(25)19(24)22-15-21(13-5-6-14-21)17-7-3-2-4-8-17/h2-4,7-12H,5-6,13-15H2,1H3,(H,22,24)(H,23,25). The number of aryl methyl sites for hydroxylation is 1. The average molecular weight is 336 g/mol. The minimum Gasteiger partial charge on any atom is -0.347 e. The predicted octanol–water partition coefficient (Wildman–Crippen LogP) is 3.56. The van der Waals surface area contributed by atoms with Crippen LogP contribution in [0.25, 0.3) is 0 Å². The van der Waals surface area contributed by atoms with E-state index in [1.807, 2.05) is 37.3 Å². The molecule has 1 aliphatic carbocycles. The van der Waals surface area contributed by atoms with E-state index in [1.54, 1.807) is 12.1 Å². The van der Waals surface area contributed by atoms with Crippen LogP contribution in [0.3, 0.4) is 0 Å². The third-order valence-corrected chi connectivity index (χ3v) is 5.05. The number of anilines is 1. The highest BCUT2D eigenvalue weighted by Crippen LogP contribution is 2.40. The third-order valence-electron chi connectivity index (χ3n) is 5.05. The summed E-state index contributed by atoms with van der Waals surface area (Å²) in [5, 5.41) is 5.49. The number of hydrogen-bond acceptors (Lipinski definition) is 2. The summed E-state index contributed by atoms with van der Waals surface area (Å²) in [5.74, 6) is -1.20. The monoisotopic (exact) mass is 336 g/mol. The summed E-state index contributed by atoms with van der Waals surface area (Å²) < 4.78 is 0. The highest BCUT2D eigenvalue weighted by molar-refractivity contribution is 6.39. The zero-order valence-corrected chi connectivity index (χ0v) is 14.5. The minimum atomic E-state index is -0.620. The number of carbonyl (C=O) groups is 2. The van der Waals surface area contributed by atoms with Crippen molar-refractivity contribution in [3.8, 4) is 0 Å².